The maximum atomic E-state index is 12.4. The predicted octanol–water partition coefficient (Wildman–Crippen LogP) is 4.58. The lowest BCUT2D eigenvalue weighted by Gasteiger charge is -2.11. The van der Waals surface area contributed by atoms with Crippen molar-refractivity contribution in [1.82, 2.24) is 25.2 Å². The number of thioether (sulfide) groups is 1. The highest BCUT2D eigenvalue weighted by Gasteiger charge is 2.17. The van der Waals surface area contributed by atoms with E-state index in [0.29, 0.717) is 10.9 Å². The van der Waals surface area contributed by atoms with Crippen LogP contribution in [0.25, 0.3) is 17.1 Å². The van der Waals surface area contributed by atoms with E-state index in [1.807, 2.05) is 86.0 Å². The summed E-state index contributed by atoms with van der Waals surface area (Å²) < 4.78 is 1.98. The number of pyridine rings is 1. The fourth-order valence-electron chi connectivity index (χ4n) is 3.13. The minimum atomic E-state index is -0.224. The third kappa shape index (κ3) is 5.53. The van der Waals surface area contributed by atoms with Crippen LogP contribution in [0.3, 0.4) is 0 Å². The van der Waals surface area contributed by atoms with Gasteiger partial charge >= 0.3 is 0 Å². The number of hydrogen-bond acceptors (Lipinski definition) is 6. The fourth-order valence-corrected chi connectivity index (χ4v) is 3.87. The summed E-state index contributed by atoms with van der Waals surface area (Å²) in [5.41, 5.74) is 8.39. The smallest absolute Gasteiger partial charge is 0.250 e. The number of carbonyl (C=O) groups is 1. The Hall–Kier alpha value is -3.78. The summed E-state index contributed by atoms with van der Waals surface area (Å²) in [6, 6.07) is 20.0. The number of amides is 1. The van der Waals surface area contributed by atoms with Gasteiger partial charge in [0.1, 0.15) is 0 Å². The van der Waals surface area contributed by atoms with Gasteiger partial charge in [-0.3, -0.25) is 14.3 Å². The van der Waals surface area contributed by atoms with E-state index in [-0.39, 0.29) is 11.7 Å². The number of hydrogen-bond donors (Lipinski definition) is 1. The molecule has 0 fully saturated rings. The molecule has 0 unspecified atom stereocenters. The van der Waals surface area contributed by atoms with Crippen LogP contribution >= 0.6 is 11.8 Å². The molecule has 0 spiro atoms. The Morgan fingerprint density at radius 2 is 1.70 bits per heavy atom. The summed E-state index contributed by atoms with van der Waals surface area (Å²) in [7, 11) is 0. The van der Waals surface area contributed by atoms with Gasteiger partial charge < -0.3 is 0 Å². The maximum Gasteiger partial charge on any atom is 0.250 e. The van der Waals surface area contributed by atoms with Crippen molar-refractivity contribution in [3.8, 4) is 17.1 Å². The third-order valence-electron chi connectivity index (χ3n) is 5.00. The van der Waals surface area contributed by atoms with Crippen LogP contribution < -0.4 is 5.43 Å². The van der Waals surface area contributed by atoms with Crippen molar-refractivity contribution in [2.24, 2.45) is 5.10 Å². The lowest BCUT2D eigenvalue weighted by molar-refractivity contribution is -0.118. The Morgan fingerprint density at radius 1 is 1.00 bits per heavy atom. The topological polar surface area (TPSA) is 85.1 Å². The minimum absolute atomic E-state index is 0.154. The molecular formula is C25H24N6OS. The summed E-state index contributed by atoms with van der Waals surface area (Å²) in [6.07, 6.45) is 3.40. The van der Waals surface area contributed by atoms with Crippen molar-refractivity contribution in [1.29, 1.82) is 0 Å². The molecule has 33 heavy (non-hydrogen) atoms. The number of benzene rings is 2. The van der Waals surface area contributed by atoms with E-state index in [2.05, 4.69) is 25.7 Å². The molecule has 0 saturated carbocycles. The molecule has 2 aromatic heterocycles. The van der Waals surface area contributed by atoms with Crippen LogP contribution in [-0.4, -0.2) is 37.1 Å². The zero-order valence-corrected chi connectivity index (χ0v) is 19.5. The number of aromatic nitrogens is 4. The van der Waals surface area contributed by atoms with Crippen LogP contribution in [0.15, 0.2) is 83.3 Å². The summed E-state index contributed by atoms with van der Waals surface area (Å²) in [6.45, 7) is 5.92. The van der Waals surface area contributed by atoms with Gasteiger partial charge in [0.15, 0.2) is 11.0 Å². The molecule has 0 aliphatic rings. The van der Waals surface area contributed by atoms with Gasteiger partial charge in [-0.05, 0) is 39.0 Å². The molecule has 0 aliphatic heterocycles. The van der Waals surface area contributed by atoms with E-state index >= 15 is 0 Å². The van der Waals surface area contributed by atoms with Crippen LogP contribution in [0.1, 0.15) is 23.6 Å². The molecule has 166 valence electrons. The van der Waals surface area contributed by atoms with Gasteiger partial charge in [0.25, 0.3) is 5.91 Å². The molecule has 0 saturated heterocycles. The molecule has 7 nitrogen and oxygen atoms in total. The maximum absolute atomic E-state index is 12.4. The van der Waals surface area contributed by atoms with E-state index in [9.17, 15) is 4.79 Å². The van der Waals surface area contributed by atoms with E-state index in [0.717, 1.165) is 22.6 Å². The summed E-state index contributed by atoms with van der Waals surface area (Å²) in [4.78, 5) is 16.5. The van der Waals surface area contributed by atoms with E-state index in [1.54, 1.807) is 12.4 Å². The molecule has 1 N–H and O–H groups in total. The van der Waals surface area contributed by atoms with Gasteiger partial charge in [-0.2, -0.15) is 5.10 Å². The number of aryl methyl sites for hydroxylation is 2. The number of carbonyl (C=O) groups excluding carboxylic acids is 1. The molecule has 0 aliphatic carbocycles. The van der Waals surface area contributed by atoms with Gasteiger partial charge in [-0.1, -0.05) is 65.4 Å². The molecule has 2 heterocycles. The average Bonchev–Trinajstić information content (AvgIpc) is 3.26. The normalized spacial score (nSPS) is 11.4. The molecule has 8 heteroatoms. The molecule has 0 atom stereocenters. The first-order valence-corrected chi connectivity index (χ1v) is 11.5. The highest BCUT2D eigenvalue weighted by molar-refractivity contribution is 7.99. The third-order valence-corrected chi connectivity index (χ3v) is 5.92. The zero-order valence-electron chi connectivity index (χ0n) is 18.7. The van der Waals surface area contributed by atoms with Crippen molar-refractivity contribution in [3.63, 3.8) is 0 Å². The molecule has 4 rings (SSSR count). The van der Waals surface area contributed by atoms with E-state index in [4.69, 9.17) is 0 Å². The molecule has 4 aromatic rings. The number of nitrogens with zero attached hydrogens (tertiary/aromatic N) is 5. The summed E-state index contributed by atoms with van der Waals surface area (Å²) in [5, 5.41) is 13.6. The lowest BCUT2D eigenvalue weighted by Crippen LogP contribution is -2.21. The van der Waals surface area contributed by atoms with Crippen LogP contribution in [0.5, 0.6) is 0 Å². The Bertz CT molecular complexity index is 1260. The monoisotopic (exact) mass is 456 g/mol. The Morgan fingerprint density at radius 3 is 2.36 bits per heavy atom. The summed E-state index contributed by atoms with van der Waals surface area (Å²) in [5.74, 6) is 0.660. The van der Waals surface area contributed by atoms with Crippen molar-refractivity contribution in [2.45, 2.75) is 25.9 Å². The van der Waals surface area contributed by atoms with Gasteiger partial charge in [-0.15, -0.1) is 10.2 Å². The zero-order chi connectivity index (χ0) is 23.2. The lowest BCUT2D eigenvalue weighted by atomic mass is 10.1. The predicted molar refractivity (Wildman–Crippen MR) is 132 cm³/mol. The first kappa shape index (κ1) is 22.4. The highest BCUT2D eigenvalue weighted by Crippen LogP contribution is 2.28. The Balaban J connectivity index is 1.54. The van der Waals surface area contributed by atoms with Crippen LogP contribution in [0.4, 0.5) is 0 Å². The van der Waals surface area contributed by atoms with E-state index < -0.39 is 0 Å². The molecule has 1 amide bonds. The van der Waals surface area contributed by atoms with Crippen molar-refractivity contribution in [3.05, 3.63) is 89.7 Å². The fraction of sp³-hybridized carbons (Fsp3) is 0.160. The second-order valence-corrected chi connectivity index (χ2v) is 8.55. The van der Waals surface area contributed by atoms with E-state index in [1.165, 1.54) is 22.9 Å². The number of nitrogens with one attached hydrogen (secondary N) is 1. The SMILES string of the molecule is C/C(=N/NC(=O)CSc1nnc(-c2ccc(C)cc2)n1-c1ccc(C)cc1)c1cccnc1. The molecule has 0 bridgehead atoms. The van der Waals surface area contributed by atoms with Crippen molar-refractivity contribution >= 4 is 23.4 Å². The quantitative estimate of drug-likeness (QED) is 0.250. The van der Waals surface area contributed by atoms with Gasteiger partial charge in [0.2, 0.25) is 0 Å². The molecule has 0 radical (unpaired) electrons. The van der Waals surface area contributed by atoms with Gasteiger partial charge in [-0.25, -0.2) is 5.43 Å². The average molecular weight is 457 g/mol. The first-order valence-electron chi connectivity index (χ1n) is 10.5. The van der Waals surface area contributed by atoms with Crippen LogP contribution in [0.2, 0.25) is 0 Å². The minimum Gasteiger partial charge on any atom is -0.272 e. The second kappa shape index (κ2) is 10.2. The van der Waals surface area contributed by atoms with Crippen LogP contribution in [0, 0.1) is 13.8 Å². The largest absolute Gasteiger partial charge is 0.272 e. The second-order valence-electron chi connectivity index (χ2n) is 7.61. The first-order chi connectivity index (χ1) is 16.0. The van der Waals surface area contributed by atoms with Gasteiger partial charge in [0.05, 0.1) is 11.5 Å². The standard InChI is InChI=1S/C25H24N6OS/c1-17-6-10-20(11-7-17)24-29-30-25(31(24)22-12-8-18(2)9-13-22)33-16-23(32)28-27-19(3)21-5-4-14-26-15-21/h4-15H,16H2,1-3H3,(H,28,32)/b27-19-. The summed E-state index contributed by atoms with van der Waals surface area (Å²) >= 11 is 1.32. The van der Waals surface area contributed by atoms with Gasteiger partial charge in [0, 0.05) is 29.2 Å². The molecular weight excluding hydrogens is 432 g/mol. The Labute approximate surface area is 197 Å². The Kier molecular flexibility index (Phi) is 6.95. The number of rotatable bonds is 7. The number of hydrazone groups is 1. The molecule has 2 aromatic carbocycles. The van der Waals surface area contributed by atoms with Crippen molar-refractivity contribution in [2.75, 3.05) is 5.75 Å². The highest BCUT2D eigenvalue weighted by atomic mass is 32.2. The van der Waals surface area contributed by atoms with Crippen molar-refractivity contribution < 1.29 is 4.79 Å². The van der Waals surface area contributed by atoms with Crippen LogP contribution in [-0.2, 0) is 4.79 Å².